The van der Waals surface area contributed by atoms with Crippen LogP contribution in [0, 0.1) is 6.92 Å². The third-order valence-electron chi connectivity index (χ3n) is 5.23. The van der Waals surface area contributed by atoms with Crippen molar-refractivity contribution in [1.29, 1.82) is 0 Å². The van der Waals surface area contributed by atoms with Crippen LogP contribution >= 0.6 is 0 Å². The van der Waals surface area contributed by atoms with E-state index in [1.54, 1.807) is 16.7 Å². The van der Waals surface area contributed by atoms with Crippen LogP contribution in [0.25, 0.3) is 11.4 Å². The largest absolute Gasteiger partial charge is 0.507 e. The molecule has 0 aliphatic carbocycles. The Bertz CT molecular complexity index is 1020. The Balaban J connectivity index is 2.14. The minimum absolute atomic E-state index is 0.0430. The lowest BCUT2D eigenvalue weighted by atomic mass is 10.1. The first-order chi connectivity index (χ1) is 14.6. The van der Waals surface area contributed by atoms with Gasteiger partial charge in [-0.2, -0.15) is 0 Å². The molecule has 1 aromatic heterocycles. The SMILES string of the molecule is CCCN(CCC)c1c(C)nc(-c2ccccc2O)n(CCc2ccccc2)c1=O. The molecule has 0 saturated carbocycles. The number of nitrogens with zero attached hydrogens (tertiary/aromatic N) is 3. The third-order valence-corrected chi connectivity index (χ3v) is 5.23. The number of hydrogen-bond acceptors (Lipinski definition) is 4. The summed E-state index contributed by atoms with van der Waals surface area (Å²) >= 11 is 0. The second-order valence-electron chi connectivity index (χ2n) is 7.57. The molecule has 0 atom stereocenters. The van der Waals surface area contributed by atoms with Crippen molar-refractivity contribution in [1.82, 2.24) is 9.55 Å². The molecular weight excluding hydrogens is 374 g/mol. The Morgan fingerprint density at radius 3 is 2.23 bits per heavy atom. The standard InChI is InChI=1S/C25H31N3O2/c1-4-16-27(17-5-2)23-19(3)26-24(21-13-9-10-14-22(21)29)28(25(23)30)18-15-20-11-7-6-8-12-20/h6-14,29H,4-5,15-18H2,1-3H3. The first kappa shape index (κ1) is 21.6. The first-order valence-electron chi connectivity index (χ1n) is 10.8. The molecule has 1 heterocycles. The molecule has 0 saturated heterocycles. The Kier molecular flexibility index (Phi) is 7.28. The van der Waals surface area contributed by atoms with Crippen LogP contribution in [0.4, 0.5) is 5.69 Å². The summed E-state index contributed by atoms with van der Waals surface area (Å²) in [5.74, 6) is 0.646. The number of phenolic OH excluding ortho intramolecular Hbond substituents is 1. The molecule has 0 radical (unpaired) electrons. The lowest BCUT2D eigenvalue weighted by molar-refractivity contribution is 0.476. The van der Waals surface area contributed by atoms with E-state index < -0.39 is 0 Å². The predicted octanol–water partition coefficient (Wildman–Crippen LogP) is 4.79. The summed E-state index contributed by atoms with van der Waals surface area (Å²) in [7, 11) is 0. The van der Waals surface area contributed by atoms with E-state index >= 15 is 0 Å². The van der Waals surface area contributed by atoms with Crippen molar-refractivity contribution in [2.75, 3.05) is 18.0 Å². The molecule has 5 nitrogen and oxygen atoms in total. The van der Waals surface area contributed by atoms with E-state index in [-0.39, 0.29) is 11.3 Å². The monoisotopic (exact) mass is 405 g/mol. The van der Waals surface area contributed by atoms with Crippen LogP contribution in [0.15, 0.2) is 59.4 Å². The van der Waals surface area contributed by atoms with Gasteiger partial charge in [-0.3, -0.25) is 9.36 Å². The van der Waals surface area contributed by atoms with Gasteiger partial charge in [-0.1, -0.05) is 56.3 Å². The molecule has 3 aromatic rings. The summed E-state index contributed by atoms with van der Waals surface area (Å²) in [5, 5.41) is 10.4. The molecule has 0 fully saturated rings. The van der Waals surface area contributed by atoms with Gasteiger partial charge in [0.05, 0.1) is 11.3 Å². The molecule has 158 valence electrons. The molecule has 30 heavy (non-hydrogen) atoms. The molecule has 0 amide bonds. The quantitative estimate of drug-likeness (QED) is 0.556. The lowest BCUT2D eigenvalue weighted by Gasteiger charge is -2.26. The topological polar surface area (TPSA) is 58.4 Å². The maximum absolute atomic E-state index is 13.7. The second kappa shape index (κ2) is 10.1. The highest BCUT2D eigenvalue weighted by atomic mass is 16.3. The van der Waals surface area contributed by atoms with Crippen LogP contribution < -0.4 is 10.5 Å². The van der Waals surface area contributed by atoms with Gasteiger partial charge in [0.1, 0.15) is 17.3 Å². The fraction of sp³-hybridized carbons (Fsp3) is 0.360. The number of hydrogen-bond donors (Lipinski definition) is 1. The molecule has 1 N–H and O–H groups in total. The van der Waals surface area contributed by atoms with Gasteiger partial charge in [0, 0.05) is 19.6 Å². The third kappa shape index (κ3) is 4.73. The van der Waals surface area contributed by atoms with E-state index in [0.717, 1.165) is 31.5 Å². The Morgan fingerprint density at radius 2 is 1.60 bits per heavy atom. The number of benzene rings is 2. The van der Waals surface area contributed by atoms with E-state index in [2.05, 4.69) is 30.9 Å². The summed E-state index contributed by atoms with van der Waals surface area (Å²) in [6.07, 6.45) is 2.64. The van der Waals surface area contributed by atoms with Crippen LogP contribution in [-0.2, 0) is 13.0 Å². The predicted molar refractivity (Wildman–Crippen MR) is 123 cm³/mol. The molecule has 0 aliphatic heterocycles. The minimum atomic E-state index is -0.0430. The first-order valence-corrected chi connectivity index (χ1v) is 10.8. The number of aryl methyl sites for hydroxylation is 2. The van der Waals surface area contributed by atoms with Crippen molar-refractivity contribution in [3.05, 3.63) is 76.2 Å². The molecule has 3 rings (SSSR count). The van der Waals surface area contributed by atoms with E-state index in [1.165, 1.54) is 0 Å². The van der Waals surface area contributed by atoms with Gasteiger partial charge >= 0.3 is 0 Å². The molecule has 0 unspecified atom stereocenters. The zero-order valence-electron chi connectivity index (χ0n) is 18.1. The lowest BCUT2D eigenvalue weighted by Crippen LogP contribution is -2.36. The van der Waals surface area contributed by atoms with Crippen molar-refractivity contribution in [3.63, 3.8) is 0 Å². The summed E-state index contributed by atoms with van der Waals surface area (Å²) in [5.41, 5.74) is 3.07. The van der Waals surface area contributed by atoms with Crippen molar-refractivity contribution in [2.24, 2.45) is 0 Å². The number of para-hydroxylation sites is 1. The van der Waals surface area contributed by atoms with E-state index in [4.69, 9.17) is 4.98 Å². The molecular formula is C25H31N3O2. The maximum Gasteiger partial charge on any atom is 0.277 e. The molecule has 0 spiro atoms. The van der Waals surface area contributed by atoms with Crippen molar-refractivity contribution in [3.8, 4) is 17.1 Å². The van der Waals surface area contributed by atoms with Gasteiger partial charge in [-0.15, -0.1) is 0 Å². The number of phenols is 1. The van der Waals surface area contributed by atoms with Gasteiger partial charge < -0.3 is 10.0 Å². The minimum Gasteiger partial charge on any atom is -0.507 e. The highest BCUT2D eigenvalue weighted by molar-refractivity contribution is 5.65. The number of aromatic hydroxyl groups is 1. The summed E-state index contributed by atoms with van der Waals surface area (Å²) in [4.78, 5) is 20.7. The fourth-order valence-electron chi connectivity index (χ4n) is 3.85. The highest BCUT2D eigenvalue weighted by Crippen LogP contribution is 2.28. The fourth-order valence-corrected chi connectivity index (χ4v) is 3.85. The van der Waals surface area contributed by atoms with Crippen LogP contribution in [0.2, 0.25) is 0 Å². The summed E-state index contributed by atoms with van der Waals surface area (Å²) in [6.45, 7) is 8.27. The smallest absolute Gasteiger partial charge is 0.277 e. The van der Waals surface area contributed by atoms with Gasteiger partial charge in [0.25, 0.3) is 5.56 Å². The average molecular weight is 406 g/mol. The highest BCUT2D eigenvalue weighted by Gasteiger charge is 2.21. The van der Waals surface area contributed by atoms with Crippen molar-refractivity contribution >= 4 is 5.69 Å². The molecule has 2 aromatic carbocycles. The van der Waals surface area contributed by atoms with E-state index in [9.17, 15) is 9.90 Å². The van der Waals surface area contributed by atoms with E-state index in [1.807, 2.05) is 37.3 Å². The molecule has 0 bridgehead atoms. The molecule has 5 heteroatoms. The normalized spacial score (nSPS) is 10.9. The zero-order valence-corrected chi connectivity index (χ0v) is 18.1. The van der Waals surface area contributed by atoms with E-state index in [0.29, 0.717) is 35.7 Å². The van der Waals surface area contributed by atoms with Gasteiger partial charge in [0.15, 0.2) is 0 Å². The maximum atomic E-state index is 13.7. The Morgan fingerprint density at radius 1 is 0.967 bits per heavy atom. The van der Waals surface area contributed by atoms with Crippen LogP contribution in [0.3, 0.4) is 0 Å². The van der Waals surface area contributed by atoms with Crippen molar-refractivity contribution in [2.45, 2.75) is 46.6 Å². The average Bonchev–Trinajstić information content (AvgIpc) is 2.74. The summed E-state index contributed by atoms with van der Waals surface area (Å²) < 4.78 is 1.72. The van der Waals surface area contributed by atoms with Crippen LogP contribution in [0.1, 0.15) is 37.9 Å². The number of aromatic nitrogens is 2. The number of rotatable bonds is 9. The van der Waals surface area contributed by atoms with Crippen LogP contribution in [-0.4, -0.2) is 27.7 Å². The Labute approximate surface area is 178 Å². The Hall–Kier alpha value is -3.08. The molecule has 0 aliphatic rings. The number of anilines is 1. The zero-order chi connectivity index (χ0) is 21.5. The summed E-state index contributed by atoms with van der Waals surface area (Å²) in [6, 6.07) is 17.2. The van der Waals surface area contributed by atoms with Crippen LogP contribution in [0.5, 0.6) is 5.75 Å². The van der Waals surface area contributed by atoms with Crippen molar-refractivity contribution < 1.29 is 5.11 Å². The second-order valence-corrected chi connectivity index (χ2v) is 7.57. The van der Waals surface area contributed by atoms with Gasteiger partial charge in [0.2, 0.25) is 0 Å². The van der Waals surface area contributed by atoms with Gasteiger partial charge in [-0.05, 0) is 43.9 Å². The van der Waals surface area contributed by atoms with Gasteiger partial charge in [-0.25, -0.2) is 4.98 Å².